The molecule has 2 aromatic carbocycles. The van der Waals surface area contributed by atoms with Crippen molar-refractivity contribution in [3.8, 4) is 0 Å². The number of hydrogen-bond donors (Lipinski definition) is 1. The maximum atomic E-state index is 10.5. The minimum absolute atomic E-state index is 0.515. The molecule has 0 unspecified atom stereocenters. The Balaban J connectivity index is 2.09. The summed E-state index contributed by atoms with van der Waals surface area (Å²) in [7, 11) is 0. The van der Waals surface area contributed by atoms with Gasteiger partial charge in [0.2, 0.25) is 0 Å². The minimum Gasteiger partial charge on any atom is -0.387 e. The maximum Gasteiger partial charge on any atom is 0.0964 e. The monoisotopic (exact) mass is 303 g/mol. The lowest BCUT2D eigenvalue weighted by Gasteiger charge is -2.27. The highest BCUT2D eigenvalue weighted by molar-refractivity contribution is 6.30. The van der Waals surface area contributed by atoms with Crippen molar-refractivity contribution in [2.45, 2.75) is 25.9 Å². The van der Waals surface area contributed by atoms with E-state index in [-0.39, 0.29) is 0 Å². The fraction of sp³-hybridized carbons (Fsp3) is 0.333. The van der Waals surface area contributed by atoms with Gasteiger partial charge in [0.15, 0.2) is 0 Å². The Hall–Kier alpha value is -1.51. The van der Waals surface area contributed by atoms with Crippen LogP contribution in [0, 0.1) is 0 Å². The zero-order valence-electron chi connectivity index (χ0n) is 12.4. The number of anilines is 1. The van der Waals surface area contributed by atoms with Gasteiger partial charge in [0.25, 0.3) is 0 Å². The third kappa shape index (κ3) is 4.76. The molecule has 0 saturated carbocycles. The quantitative estimate of drug-likeness (QED) is 0.803. The van der Waals surface area contributed by atoms with E-state index in [1.54, 1.807) is 0 Å². The van der Waals surface area contributed by atoms with Crippen molar-refractivity contribution < 1.29 is 5.11 Å². The van der Waals surface area contributed by atoms with Crippen LogP contribution in [0.15, 0.2) is 54.6 Å². The van der Waals surface area contributed by atoms with E-state index in [0.717, 1.165) is 30.6 Å². The van der Waals surface area contributed by atoms with Crippen molar-refractivity contribution in [1.82, 2.24) is 0 Å². The topological polar surface area (TPSA) is 23.5 Å². The fourth-order valence-electron chi connectivity index (χ4n) is 2.31. The molecular weight excluding hydrogens is 282 g/mol. The lowest BCUT2D eigenvalue weighted by molar-refractivity contribution is 0.183. The van der Waals surface area contributed by atoms with Gasteiger partial charge in [-0.2, -0.15) is 0 Å². The number of nitrogens with zero attached hydrogens (tertiary/aromatic N) is 1. The van der Waals surface area contributed by atoms with Crippen LogP contribution in [0.1, 0.15) is 31.4 Å². The first-order valence-electron chi connectivity index (χ1n) is 7.44. The van der Waals surface area contributed by atoms with Gasteiger partial charge in [0.05, 0.1) is 6.10 Å². The lowest BCUT2D eigenvalue weighted by Crippen LogP contribution is -2.29. The van der Waals surface area contributed by atoms with Crippen LogP contribution in [0.5, 0.6) is 0 Å². The Morgan fingerprint density at radius 3 is 2.33 bits per heavy atom. The Morgan fingerprint density at radius 2 is 1.71 bits per heavy atom. The Labute approximate surface area is 132 Å². The number of hydrogen-bond acceptors (Lipinski definition) is 2. The number of halogens is 1. The molecule has 0 bridgehead atoms. The van der Waals surface area contributed by atoms with E-state index in [4.69, 9.17) is 11.6 Å². The number of para-hydroxylation sites is 1. The van der Waals surface area contributed by atoms with E-state index in [2.05, 4.69) is 24.0 Å². The number of aliphatic hydroxyl groups excluding tert-OH is 1. The van der Waals surface area contributed by atoms with Gasteiger partial charge in [-0.3, -0.25) is 0 Å². The van der Waals surface area contributed by atoms with Gasteiger partial charge in [0, 0.05) is 23.8 Å². The molecule has 0 heterocycles. The predicted octanol–water partition coefficient (Wildman–Crippen LogP) is 4.68. The minimum atomic E-state index is -0.515. The molecule has 0 spiro atoms. The fourth-order valence-corrected chi connectivity index (χ4v) is 2.44. The summed E-state index contributed by atoms with van der Waals surface area (Å²) < 4.78 is 0. The normalized spacial score (nSPS) is 12.1. The van der Waals surface area contributed by atoms with E-state index in [1.165, 1.54) is 0 Å². The lowest BCUT2D eigenvalue weighted by atomic mass is 10.1. The molecule has 2 rings (SSSR count). The molecule has 112 valence electrons. The van der Waals surface area contributed by atoms with Gasteiger partial charge in [-0.25, -0.2) is 0 Å². The molecule has 21 heavy (non-hydrogen) atoms. The molecule has 0 fully saturated rings. The smallest absolute Gasteiger partial charge is 0.0964 e. The predicted molar refractivity (Wildman–Crippen MR) is 90.0 cm³/mol. The molecule has 2 aromatic rings. The number of benzene rings is 2. The van der Waals surface area contributed by atoms with Gasteiger partial charge < -0.3 is 10.0 Å². The highest BCUT2D eigenvalue weighted by Crippen LogP contribution is 2.21. The van der Waals surface area contributed by atoms with Crippen LogP contribution < -0.4 is 4.90 Å². The van der Waals surface area contributed by atoms with Crippen LogP contribution in [-0.2, 0) is 0 Å². The zero-order valence-corrected chi connectivity index (χ0v) is 13.1. The summed E-state index contributed by atoms with van der Waals surface area (Å²) in [6.45, 7) is 3.72. The molecule has 0 aliphatic rings. The molecular formula is C18H22ClNO. The number of rotatable bonds is 7. The van der Waals surface area contributed by atoms with Crippen LogP contribution in [0.25, 0.3) is 0 Å². The van der Waals surface area contributed by atoms with Gasteiger partial charge in [-0.05, 0) is 36.2 Å². The summed E-state index contributed by atoms with van der Waals surface area (Å²) >= 11 is 5.89. The molecule has 0 aromatic heterocycles. The van der Waals surface area contributed by atoms with Crippen molar-refractivity contribution in [2.75, 3.05) is 18.0 Å². The van der Waals surface area contributed by atoms with E-state index in [1.807, 2.05) is 42.5 Å². The molecule has 3 heteroatoms. The maximum absolute atomic E-state index is 10.5. The number of aliphatic hydroxyl groups is 1. The molecule has 1 atom stereocenters. The molecule has 0 amide bonds. The summed E-state index contributed by atoms with van der Waals surface area (Å²) in [5.74, 6) is 0. The van der Waals surface area contributed by atoms with E-state index in [0.29, 0.717) is 11.6 Å². The number of unbranched alkanes of at least 4 members (excludes halogenated alkanes) is 1. The first-order valence-corrected chi connectivity index (χ1v) is 7.82. The van der Waals surface area contributed by atoms with Crippen LogP contribution in [0.4, 0.5) is 5.69 Å². The van der Waals surface area contributed by atoms with Crippen molar-refractivity contribution in [1.29, 1.82) is 0 Å². The average molecular weight is 304 g/mol. The van der Waals surface area contributed by atoms with Crippen LogP contribution >= 0.6 is 11.6 Å². The second-order valence-corrected chi connectivity index (χ2v) is 5.64. The Bertz CT molecular complexity index is 527. The Morgan fingerprint density at radius 1 is 1.05 bits per heavy atom. The zero-order chi connectivity index (χ0) is 15.1. The van der Waals surface area contributed by atoms with Crippen LogP contribution in [0.2, 0.25) is 5.02 Å². The third-order valence-electron chi connectivity index (χ3n) is 3.55. The standard InChI is InChI=1S/C18H22ClNO/c1-2-3-13-20(17-7-5-4-6-8-17)14-18(21)15-9-11-16(19)12-10-15/h4-12,18,21H,2-3,13-14H2,1H3/t18-/m0/s1. The molecule has 0 saturated heterocycles. The summed E-state index contributed by atoms with van der Waals surface area (Å²) in [6.07, 6.45) is 1.74. The van der Waals surface area contributed by atoms with Gasteiger partial charge in [-0.15, -0.1) is 0 Å². The van der Waals surface area contributed by atoms with Crippen LogP contribution in [0.3, 0.4) is 0 Å². The first-order chi connectivity index (χ1) is 10.2. The van der Waals surface area contributed by atoms with Gasteiger partial charge in [-0.1, -0.05) is 55.3 Å². The Kier molecular flexibility index (Phi) is 6.09. The largest absolute Gasteiger partial charge is 0.387 e. The van der Waals surface area contributed by atoms with E-state index in [9.17, 15) is 5.11 Å². The summed E-state index contributed by atoms with van der Waals surface area (Å²) in [5, 5.41) is 11.1. The molecule has 0 radical (unpaired) electrons. The second-order valence-electron chi connectivity index (χ2n) is 5.20. The van der Waals surface area contributed by atoms with Crippen LogP contribution in [-0.4, -0.2) is 18.2 Å². The second kappa shape index (κ2) is 8.06. The summed E-state index contributed by atoms with van der Waals surface area (Å²) in [5.41, 5.74) is 2.05. The summed E-state index contributed by atoms with van der Waals surface area (Å²) in [4.78, 5) is 2.24. The SMILES string of the molecule is CCCCN(C[C@H](O)c1ccc(Cl)cc1)c1ccccc1. The van der Waals surface area contributed by atoms with Gasteiger partial charge in [0.1, 0.15) is 0 Å². The molecule has 0 aliphatic heterocycles. The van der Waals surface area contributed by atoms with Crippen molar-refractivity contribution in [2.24, 2.45) is 0 Å². The van der Waals surface area contributed by atoms with Crippen molar-refractivity contribution >= 4 is 17.3 Å². The van der Waals surface area contributed by atoms with Crippen molar-refractivity contribution in [3.63, 3.8) is 0 Å². The molecule has 2 nitrogen and oxygen atoms in total. The molecule has 1 N–H and O–H groups in total. The first kappa shape index (κ1) is 15.9. The van der Waals surface area contributed by atoms with E-state index >= 15 is 0 Å². The molecule has 0 aliphatic carbocycles. The highest BCUT2D eigenvalue weighted by atomic mass is 35.5. The summed E-state index contributed by atoms with van der Waals surface area (Å²) in [6, 6.07) is 17.7. The average Bonchev–Trinajstić information content (AvgIpc) is 2.52. The highest BCUT2D eigenvalue weighted by Gasteiger charge is 2.13. The van der Waals surface area contributed by atoms with Gasteiger partial charge >= 0.3 is 0 Å². The van der Waals surface area contributed by atoms with Crippen molar-refractivity contribution in [3.05, 3.63) is 65.2 Å². The third-order valence-corrected chi connectivity index (χ3v) is 3.80. The van der Waals surface area contributed by atoms with E-state index < -0.39 is 6.10 Å².